The van der Waals surface area contributed by atoms with E-state index >= 15 is 0 Å². The van der Waals surface area contributed by atoms with Crippen LogP contribution in [0.15, 0.2) is 0 Å². The Morgan fingerprint density at radius 1 is 1.06 bits per heavy atom. The van der Waals surface area contributed by atoms with E-state index in [-0.39, 0.29) is 0 Å². The molecule has 0 aromatic rings. The zero-order valence-electron chi connectivity index (χ0n) is 7.91. The Hall–Kier alpha value is -0.570. The molecule has 0 rings (SSSR count). The lowest BCUT2D eigenvalue weighted by molar-refractivity contribution is -0.250. The molecule has 0 heterocycles. The van der Waals surface area contributed by atoms with Gasteiger partial charge in [0.15, 0.2) is 6.10 Å². The SMILES string of the molecule is NCCC(OCC(F)(F)C(F)F)C(F)(F)F. The van der Waals surface area contributed by atoms with E-state index < -0.39 is 44.2 Å². The Balaban J connectivity index is 4.33. The van der Waals surface area contributed by atoms with Gasteiger partial charge in [0.2, 0.25) is 0 Å². The van der Waals surface area contributed by atoms with Crippen molar-refractivity contribution >= 4 is 0 Å². The summed E-state index contributed by atoms with van der Waals surface area (Å²) in [5.74, 6) is -4.60. The van der Waals surface area contributed by atoms with Crippen LogP contribution >= 0.6 is 0 Å². The molecular formula is C7H10F7NO. The maximum absolute atomic E-state index is 12.3. The van der Waals surface area contributed by atoms with E-state index in [9.17, 15) is 30.7 Å². The number of rotatable bonds is 6. The molecule has 0 aromatic heterocycles. The summed E-state index contributed by atoms with van der Waals surface area (Å²) in [5.41, 5.74) is 4.81. The molecule has 0 aromatic carbocycles. The molecule has 0 fully saturated rings. The van der Waals surface area contributed by atoms with Gasteiger partial charge in [-0.25, -0.2) is 8.78 Å². The molecule has 16 heavy (non-hydrogen) atoms. The zero-order valence-corrected chi connectivity index (χ0v) is 7.91. The lowest BCUT2D eigenvalue weighted by Gasteiger charge is -2.23. The average molecular weight is 257 g/mol. The second-order valence-corrected chi connectivity index (χ2v) is 2.98. The molecule has 0 saturated carbocycles. The summed E-state index contributed by atoms with van der Waals surface area (Å²) in [7, 11) is 0. The third-order valence-corrected chi connectivity index (χ3v) is 1.59. The van der Waals surface area contributed by atoms with Gasteiger partial charge in [-0.2, -0.15) is 22.0 Å². The standard InChI is InChI=1S/C7H10F7NO/c8-5(9)6(10,11)3-16-4(1-2-15)7(12,13)14/h4-5H,1-3,15H2. The van der Waals surface area contributed by atoms with Gasteiger partial charge in [0, 0.05) is 0 Å². The first-order valence-corrected chi connectivity index (χ1v) is 4.15. The largest absolute Gasteiger partial charge is 0.414 e. The smallest absolute Gasteiger partial charge is 0.362 e. The predicted octanol–water partition coefficient (Wildman–Crippen LogP) is 2.18. The summed E-state index contributed by atoms with van der Waals surface area (Å²) in [4.78, 5) is 0. The molecule has 0 bridgehead atoms. The van der Waals surface area contributed by atoms with Crippen molar-refractivity contribution in [2.24, 2.45) is 5.73 Å². The fourth-order valence-corrected chi connectivity index (χ4v) is 0.768. The minimum absolute atomic E-state index is 0.454. The maximum Gasteiger partial charge on any atom is 0.414 e. The van der Waals surface area contributed by atoms with E-state index in [4.69, 9.17) is 5.73 Å². The van der Waals surface area contributed by atoms with E-state index in [0.717, 1.165) is 0 Å². The fraction of sp³-hybridized carbons (Fsp3) is 1.00. The first-order valence-electron chi connectivity index (χ1n) is 4.15. The Labute approximate surface area is 86.5 Å². The zero-order chi connectivity index (χ0) is 13.0. The van der Waals surface area contributed by atoms with E-state index in [0.29, 0.717) is 0 Å². The molecule has 0 aliphatic heterocycles. The van der Waals surface area contributed by atoms with Gasteiger partial charge < -0.3 is 10.5 Å². The first kappa shape index (κ1) is 15.4. The minimum Gasteiger partial charge on any atom is -0.362 e. The minimum atomic E-state index is -4.91. The van der Waals surface area contributed by atoms with Crippen molar-refractivity contribution in [1.82, 2.24) is 0 Å². The van der Waals surface area contributed by atoms with Crippen LogP contribution in [0.3, 0.4) is 0 Å². The molecule has 0 spiro atoms. The summed E-state index contributed by atoms with van der Waals surface area (Å²) < 4.78 is 87.7. The molecule has 1 unspecified atom stereocenters. The van der Waals surface area contributed by atoms with Crippen LogP contribution in [0.2, 0.25) is 0 Å². The van der Waals surface area contributed by atoms with Crippen LogP contribution < -0.4 is 5.73 Å². The number of nitrogens with two attached hydrogens (primary N) is 1. The Morgan fingerprint density at radius 3 is 1.88 bits per heavy atom. The van der Waals surface area contributed by atoms with Gasteiger partial charge in [-0.3, -0.25) is 0 Å². The molecule has 2 nitrogen and oxygen atoms in total. The summed E-state index contributed by atoms with van der Waals surface area (Å²) in [5, 5.41) is 0. The van der Waals surface area contributed by atoms with Crippen LogP contribution in [0, 0.1) is 0 Å². The van der Waals surface area contributed by atoms with Crippen molar-refractivity contribution < 1.29 is 35.5 Å². The van der Waals surface area contributed by atoms with Crippen molar-refractivity contribution in [3.8, 4) is 0 Å². The predicted molar refractivity (Wildman–Crippen MR) is 40.4 cm³/mol. The molecule has 0 saturated heterocycles. The topological polar surface area (TPSA) is 35.2 Å². The molecular weight excluding hydrogens is 247 g/mol. The van der Waals surface area contributed by atoms with E-state index in [1.165, 1.54) is 0 Å². The van der Waals surface area contributed by atoms with E-state index in [2.05, 4.69) is 4.74 Å². The Morgan fingerprint density at radius 2 is 1.56 bits per heavy atom. The second kappa shape index (κ2) is 5.67. The van der Waals surface area contributed by atoms with Gasteiger partial charge in [-0.15, -0.1) is 0 Å². The van der Waals surface area contributed by atoms with E-state index in [1.807, 2.05) is 0 Å². The highest BCUT2D eigenvalue weighted by molar-refractivity contribution is 4.73. The van der Waals surface area contributed by atoms with Crippen LogP contribution in [0.25, 0.3) is 0 Å². The quantitative estimate of drug-likeness (QED) is 0.740. The van der Waals surface area contributed by atoms with Crippen LogP contribution in [0.1, 0.15) is 6.42 Å². The fourth-order valence-electron chi connectivity index (χ4n) is 0.768. The monoisotopic (exact) mass is 257 g/mol. The van der Waals surface area contributed by atoms with Crippen molar-refractivity contribution in [3.05, 3.63) is 0 Å². The number of ether oxygens (including phenoxy) is 1. The number of halogens is 7. The van der Waals surface area contributed by atoms with Gasteiger partial charge in [0.25, 0.3) is 0 Å². The first-order chi connectivity index (χ1) is 7.11. The van der Waals surface area contributed by atoms with Crippen LogP contribution in [-0.4, -0.2) is 37.8 Å². The third-order valence-electron chi connectivity index (χ3n) is 1.59. The van der Waals surface area contributed by atoms with Gasteiger partial charge in [-0.1, -0.05) is 0 Å². The normalized spacial score (nSPS) is 15.6. The summed E-state index contributed by atoms with van der Waals surface area (Å²) in [6, 6.07) is 0. The number of hydrogen-bond acceptors (Lipinski definition) is 2. The van der Waals surface area contributed by atoms with Gasteiger partial charge >= 0.3 is 18.5 Å². The van der Waals surface area contributed by atoms with Crippen LogP contribution in [-0.2, 0) is 4.74 Å². The molecule has 9 heteroatoms. The molecule has 2 N–H and O–H groups in total. The molecule has 1 atom stereocenters. The number of hydrogen-bond donors (Lipinski definition) is 1. The van der Waals surface area contributed by atoms with Crippen molar-refractivity contribution in [1.29, 1.82) is 0 Å². The lowest BCUT2D eigenvalue weighted by atomic mass is 10.2. The van der Waals surface area contributed by atoms with Gasteiger partial charge in [0.1, 0.15) is 6.61 Å². The molecule has 0 aliphatic rings. The van der Waals surface area contributed by atoms with Gasteiger partial charge in [0.05, 0.1) is 0 Å². The highest BCUT2D eigenvalue weighted by Gasteiger charge is 2.46. The molecule has 0 amide bonds. The van der Waals surface area contributed by atoms with Gasteiger partial charge in [-0.05, 0) is 13.0 Å². The molecule has 0 radical (unpaired) electrons. The maximum atomic E-state index is 12.3. The van der Waals surface area contributed by atoms with Crippen LogP contribution in [0.4, 0.5) is 30.7 Å². The van der Waals surface area contributed by atoms with Crippen molar-refractivity contribution in [2.45, 2.75) is 31.0 Å². The van der Waals surface area contributed by atoms with Crippen molar-refractivity contribution in [3.63, 3.8) is 0 Å². The van der Waals surface area contributed by atoms with Crippen LogP contribution in [0.5, 0.6) is 0 Å². The highest BCUT2D eigenvalue weighted by Crippen LogP contribution is 2.29. The lowest BCUT2D eigenvalue weighted by Crippen LogP contribution is -2.40. The third kappa shape index (κ3) is 4.97. The average Bonchev–Trinajstić information content (AvgIpc) is 2.09. The Kier molecular flexibility index (Phi) is 5.47. The molecule has 0 aliphatic carbocycles. The Bertz CT molecular complexity index is 205. The summed E-state index contributed by atoms with van der Waals surface area (Å²) in [6.45, 7) is -2.45. The summed E-state index contributed by atoms with van der Waals surface area (Å²) in [6.07, 6.45) is -12.3. The summed E-state index contributed by atoms with van der Waals surface area (Å²) >= 11 is 0. The van der Waals surface area contributed by atoms with Crippen molar-refractivity contribution in [2.75, 3.05) is 13.2 Å². The second-order valence-electron chi connectivity index (χ2n) is 2.98. The highest BCUT2D eigenvalue weighted by atomic mass is 19.4. The van der Waals surface area contributed by atoms with E-state index in [1.54, 1.807) is 0 Å². The number of alkyl halides is 7. The molecule has 98 valence electrons.